The number of nitrogens with zero attached hydrogens (tertiary/aromatic N) is 1. The minimum atomic E-state index is -0.933. The molecule has 0 radical (unpaired) electrons. The maximum atomic E-state index is 10.3. The summed E-state index contributed by atoms with van der Waals surface area (Å²) in [6, 6.07) is 20.1. The molecule has 5 heteroatoms. The van der Waals surface area contributed by atoms with Crippen LogP contribution in [0.5, 0.6) is 5.75 Å². The van der Waals surface area contributed by atoms with Crippen LogP contribution in [0.1, 0.15) is 33.3 Å². The summed E-state index contributed by atoms with van der Waals surface area (Å²) < 4.78 is 12.0. The van der Waals surface area contributed by atoms with Crippen LogP contribution >= 0.6 is 0 Å². The molecule has 3 aromatic rings. The molecule has 0 saturated heterocycles. The number of rotatable bonds is 8. The van der Waals surface area contributed by atoms with Crippen LogP contribution in [-0.4, -0.2) is 30.5 Å². The van der Waals surface area contributed by atoms with Crippen molar-refractivity contribution in [2.45, 2.75) is 45.5 Å². The van der Waals surface area contributed by atoms with E-state index in [-0.39, 0.29) is 0 Å². The largest absolute Gasteiger partial charge is 0.487 e. The molecular formula is C24H28BNO3. The number of hydrogen-bond donors (Lipinski definition) is 1. The van der Waals surface area contributed by atoms with Gasteiger partial charge in [-0.2, -0.15) is 0 Å². The van der Waals surface area contributed by atoms with E-state index in [9.17, 15) is 5.11 Å². The molecule has 0 heterocycles. The van der Waals surface area contributed by atoms with E-state index in [2.05, 4.69) is 17.8 Å². The first kappa shape index (κ1) is 21.1. The lowest BCUT2D eigenvalue weighted by Crippen LogP contribution is -2.49. The Balaban J connectivity index is 1.72. The fraction of sp³-hybridized carbons (Fsp3) is 0.292. The van der Waals surface area contributed by atoms with E-state index in [0.717, 1.165) is 27.5 Å². The van der Waals surface area contributed by atoms with Crippen LogP contribution in [0.25, 0.3) is 10.8 Å². The smallest absolute Gasteiger partial charge is 0.309 e. The van der Waals surface area contributed by atoms with E-state index >= 15 is 0 Å². The lowest BCUT2D eigenvalue weighted by molar-refractivity contribution is -0.0893. The third-order valence-corrected chi connectivity index (χ3v) is 5.48. The first-order valence-electron chi connectivity index (χ1n) is 9.77. The van der Waals surface area contributed by atoms with Crippen molar-refractivity contribution >= 4 is 36.1 Å². The zero-order valence-corrected chi connectivity index (χ0v) is 17.6. The van der Waals surface area contributed by atoms with Crippen molar-refractivity contribution in [1.29, 1.82) is 0 Å². The standard InChI is InChI=1S/C24H28BNO3/c1-23(2,27)24(3,4)29-25-19-11-8-9-17(15-19)16-28-21-14-13-18-10-6-7-12-20(18)22(21)26-5/h6-15,25,27H,5,16H2,1-4H3. The van der Waals surface area contributed by atoms with Crippen molar-refractivity contribution in [3.8, 4) is 5.75 Å². The van der Waals surface area contributed by atoms with Gasteiger partial charge in [-0.25, -0.2) is 0 Å². The van der Waals surface area contributed by atoms with Gasteiger partial charge in [0.05, 0.1) is 11.2 Å². The predicted octanol–water partition coefficient (Wildman–Crippen LogP) is 4.29. The van der Waals surface area contributed by atoms with Gasteiger partial charge in [0.2, 0.25) is 0 Å². The summed E-state index contributed by atoms with van der Waals surface area (Å²) in [5, 5.41) is 12.4. The molecule has 0 atom stereocenters. The second-order valence-corrected chi connectivity index (χ2v) is 8.26. The summed E-state index contributed by atoms with van der Waals surface area (Å²) in [4.78, 5) is 4.19. The molecule has 1 N–H and O–H groups in total. The van der Waals surface area contributed by atoms with Crippen molar-refractivity contribution in [3.05, 3.63) is 66.2 Å². The molecule has 0 aliphatic heterocycles. The van der Waals surface area contributed by atoms with Gasteiger partial charge in [-0.1, -0.05) is 60.1 Å². The van der Waals surface area contributed by atoms with Crippen LogP contribution in [0.4, 0.5) is 5.69 Å². The van der Waals surface area contributed by atoms with Crippen molar-refractivity contribution in [3.63, 3.8) is 0 Å². The summed E-state index contributed by atoms with van der Waals surface area (Å²) in [6.45, 7) is 11.4. The Hall–Kier alpha value is -2.63. The molecule has 0 spiro atoms. The molecule has 0 aromatic heterocycles. The summed E-state index contributed by atoms with van der Waals surface area (Å²) >= 11 is 0. The second kappa shape index (κ2) is 8.40. The molecule has 0 bridgehead atoms. The molecular weight excluding hydrogens is 361 g/mol. The van der Waals surface area contributed by atoms with Gasteiger partial charge in [-0.15, -0.1) is 0 Å². The van der Waals surface area contributed by atoms with E-state index in [4.69, 9.17) is 9.39 Å². The van der Waals surface area contributed by atoms with Crippen molar-refractivity contribution in [2.75, 3.05) is 0 Å². The Kier molecular flexibility index (Phi) is 6.11. The highest BCUT2D eigenvalue weighted by Gasteiger charge is 2.35. The summed E-state index contributed by atoms with van der Waals surface area (Å²) in [5.74, 6) is 0.712. The van der Waals surface area contributed by atoms with E-state index < -0.39 is 11.2 Å². The highest BCUT2D eigenvalue weighted by atomic mass is 16.5. The topological polar surface area (TPSA) is 51.0 Å². The van der Waals surface area contributed by atoms with Crippen molar-refractivity contribution in [1.82, 2.24) is 0 Å². The molecule has 4 nitrogen and oxygen atoms in total. The molecule has 0 aliphatic carbocycles. The normalized spacial score (nSPS) is 12.0. The number of aliphatic imine (C=N–C) groups is 1. The van der Waals surface area contributed by atoms with Crippen molar-refractivity contribution in [2.24, 2.45) is 4.99 Å². The predicted molar refractivity (Wildman–Crippen MR) is 122 cm³/mol. The van der Waals surface area contributed by atoms with Crippen LogP contribution in [0.15, 0.2) is 65.7 Å². The van der Waals surface area contributed by atoms with Crippen LogP contribution in [0, 0.1) is 0 Å². The summed E-state index contributed by atoms with van der Waals surface area (Å²) in [5.41, 5.74) is 1.24. The Morgan fingerprint density at radius 2 is 1.76 bits per heavy atom. The van der Waals surface area contributed by atoms with Gasteiger partial charge in [0.1, 0.15) is 18.0 Å². The molecule has 3 rings (SSSR count). The quantitative estimate of drug-likeness (QED) is 0.462. The molecule has 0 saturated carbocycles. The Bertz CT molecular complexity index is 1010. The number of benzene rings is 3. The van der Waals surface area contributed by atoms with Gasteiger partial charge in [-0.05, 0) is 51.4 Å². The number of hydrogen-bond acceptors (Lipinski definition) is 4. The van der Waals surface area contributed by atoms with E-state index in [0.29, 0.717) is 19.8 Å². The van der Waals surface area contributed by atoms with Gasteiger partial charge < -0.3 is 14.5 Å². The first-order valence-corrected chi connectivity index (χ1v) is 9.77. The molecule has 0 amide bonds. The van der Waals surface area contributed by atoms with Crippen LogP contribution < -0.4 is 10.2 Å². The lowest BCUT2D eigenvalue weighted by Gasteiger charge is -2.37. The van der Waals surface area contributed by atoms with Gasteiger partial charge in [0.25, 0.3) is 0 Å². The van der Waals surface area contributed by atoms with Crippen molar-refractivity contribution < 1.29 is 14.5 Å². The van der Waals surface area contributed by atoms with Gasteiger partial charge >= 0.3 is 7.48 Å². The molecule has 150 valence electrons. The lowest BCUT2D eigenvalue weighted by atomic mass is 9.82. The van der Waals surface area contributed by atoms with Crippen LogP contribution in [-0.2, 0) is 11.3 Å². The SMILES string of the molecule is C=Nc1c(OCc2cccc(BOC(C)(C)C(C)(C)O)c2)ccc2ccccc12. The molecule has 3 aromatic carbocycles. The third-order valence-electron chi connectivity index (χ3n) is 5.48. The highest BCUT2D eigenvalue weighted by molar-refractivity contribution is 6.47. The van der Waals surface area contributed by atoms with Gasteiger partial charge in [0.15, 0.2) is 0 Å². The molecule has 29 heavy (non-hydrogen) atoms. The minimum absolute atomic E-state index is 0.417. The maximum Gasteiger partial charge on any atom is 0.309 e. The Morgan fingerprint density at radius 3 is 2.48 bits per heavy atom. The van der Waals surface area contributed by atoms with E-state index in [1.807, 2.05) is 68.4 Å². The maximum absolute atomic E-state index is 10.3. The fourth-order valence-corrected chi connectivity index (χ4v) is 2.93. The highest BCUT2D eigenvalue weighted by Crippen LogP contribution is 2.35. The summed E-state index contributed by atoms with van der Waals surface area (Å²) in [6.07, 6.45) is 0. The van der Waals surface area contributed by atoms with Gasteiger partial charge in [-0.3, -0.25) is 4.99 Å². The van der Waals surface area contributed by atoms with E-state index in [1.165, 1.54) is 0 Å². The monoisotopic (exact) mass is 389 g/mol. The van der Waals surface area contributed by atoms with Crippen LogP contribution in [0.2, 0.25) is 0 Å². The minimum Gasteiger partial charge on any atom is -0.487 e. The van der Waals surface area contributed by atoms with E-state index in [1.54, 1.807) is 13.8 Å². The molecule has 0 unspecified atom stereocenters. The first-order chi connectivity index (χ1) is 13.7. The zero-order valence-electron chi connectivity index (χ0n) is 17.6. The number of aliphatic hydroxyl groups is 1. The molecule has 0 aliphatic rings. The summed E-state index contributed by atoms with van der Waals surface area (Å²) in [7, 11) is 0.417. The number of ether oxygens (including phenoxy) is 1. The average Bonchev–Trinajstić information content (AvgIpc) is 2.69. The Labute approximate surface area is 173 Å². The fourth-order valence-electron chi connectivity index (χ4n) is 2.93. The second-order valence-electron chi connectivity index (χ2n) is 8.26. The average molecular weight is 389 g/mol. The number of fused-ring (bicyclic) bond motifs is 1. The van der Waals surface area contributed by atoms with Gasteiger partial charge in [0, 0.05) is 5.39 Å². The molecule has 0 fully saturated rings. The zero-order chi connectivity index (χ0) is 21.1. The van der Waals surface area contributed by atoms with Crippen LogP contribution in [0.3, 0.4) is 0 Å². The Morgan fingerprint density at radius 1 is 1.00 bits per heavy atom. The third kappa shape index (κ3) is 4.87.